The van der Waals surface area contributed by atoms with Crippen molar-refractivity contribution in [3.63, 3.8) is 0 Å². The van der Waals surface area contributed by atoms with Gasteiger partial charge in [-0.05, 0) is 20.3 Å². The van der Waals surface area contributed by atoms with Crippen molar-refractivity contribution in [2.75, 3.05) is 19.3 Å². The first-order valence-corrected chi connectivity index (χ1v) is 8.05. The van der Waals surface area contributed by atoms with Crippen LogP contribution in [0.4, 0.5) is 0 Å². The molecule has 0 radical (unpaired) electrons. The predicted molar refractivity (Wildman–Crippen MR) is 69.9 cm³/mol. The molecule has 1 rings (SSSR count). The lowest BCUT2D eigenvalue weighted by molar-refractivity contribution is -0.0373. The van der Waals surface area contributed by atoms with Crippen molar-refractivity contribution in [3.05, 3.63) is 12.4 Å². The minimum absolute atomic E-state index is 0.253. The Kier molecular flexibility index (Phi) is 5.67. The zero-order valence-corrected chi connectivity index (χ0v) is 11.8. The van der Waals surface area contributed by atoms with E-state index in [0.29, 0.717) is 0 Å². The fourth-order valence-electron chi connectivity index (χ4n) is 1.64. The molecule has 0 fully saturated rings. The lowest BCUT2D eigenvalue weighted by atomic mass is 10.3. The SMILES string of the molecule is CCCCN1C=CN(CC)C1O[P+](O)(O)CC. The Hall–Kier alpha value is -0.350. The number of hydrogen-bond donors (Lipinski definition) is 2. The molecule has 1 heterocycles. The van der Waals surface area contributed by atoms with Gasteiger partial charge in [0, 0.05) is 25.5 Å². The van der Waals surface area contributed by atoms with Gasteiger partial charge in [0.25, 0.3) is 6.35 Å². The molecule has 0 aromatic heterocycles. The molecule has 1 aliphatic rings. The Balaban J connectivity index is 2.62. The molecule has 0 saturated carbocycles. The monoisotopic (exact) mass is 263 g/mol. The smallest absolute Gasteiger partial charge is 0.331 e. The summed E-state index contributed by atoms with van der Waals surface area (Å²) in [5.41, 5.74) is 0. The fraction of sp³-hybridized carbons (Fsp3) is 0.818. The maximum atomic E-state index is 9.70. The quantitative estimate of drug-likeness (QED) is 0.688. The molecule has 6 heteroatoms. The highest BCUT2D eigenvalue weighted by Gasteiger charge is 2.42. The van der Waals surface area contributed by atoms with E-state index in [1.54, 1.807) is 6.92 Å². The minimum atomic E-state index is -3.22. The van der Waals surface area contributed by atoms with E-state index in [2.05, 4.69) is 6.92 Å². The summed E-state index contributed by atoms with van der Waals surface area (Å²) in [6, 6.07) is 0. The van der Waals surface area contributed by atoms with E-state index in [0.717, 1.165) is 25.9 Å². The molecule has 0 amide bonds. The van der Waals surface area contributed by atoms with E-state index in [1.165, 1.54) is 0 Å². The summed E-state index contributed by atoms with van der Waals surface area (Å²) >= 11 is 0. The van der Waals surface area contributed by atoms with Gasteiger partial charge < -0.3 is 9.80 Å². The molecule has 1 aliphatic heterocycles. The first-order valence-electron chi connectivity index (χ1n) is 6.25. The second kappa shape index (κ2) is 6.55. The Bertz CT molecular complexity index is 261. The highest BCUT2D eigenvalue weighted by Crippen LogP contribution is 2.52. The molecular formula is C11H24N2O3P+. The van der Waals surface area contributed by atoms with Crippen molar-refractivity contribution in [3.8, 4) is 0 Å². The third-order valence-electron chi connectivity index (χ3n) is 2.83. The van der Waals surface area contributed by atoms with Gasteiger partial charge in [0.05, 0.1) is 0 Å². The van der Waals surface area contributed by atoms with Gasteiger partial charge in [0.15, 0.2) is 0 Å². The van der Waals surface area contributed by atoms with E-state index < -0.39 is 7.94 Å². The van der Waals surface area contributed by atoms with Crippen molar-refractivity contribution in [2.45, 2.75) is 40.0 Å². The van der Waals surface area contributed by atoms with Crippen molar-refractivity contribution in [1.29, 1.82) is 0 Å². The van der Waals surface area contributed by atoms with Gasteiger partial charge in [-0.25, -0.2) is 0 Å². The van der Waals surface area contributed by atoms with Crippen LogP contribution in [0.25, 0.3) is 0 Å². The molecule has 5 nitrogen and oxygen atoms in total. The molecule has 1 unspecified atom stereocenters. The normalized spacial score (nSPS) is 20.4. The van der Waals surface area contributed by atoms with Crippen LogP contribution in [0.1, 0.15) is 33.6 Å². The van der Waals surface area contributed by atoms with Crippen LogP contribution in [0.2, 0.25) is 0 Å². The second-order valence-corrected chi connectivity index (χ2v) is 6.31. The summed E-state index contributed by atoms with van der Waals surface area (Å²) in [4.78, 5) is 23.4. The van der Waals surface area contributed by atoms with Gasteiger partial charge in [0.2, 0.25) is 0 Å². The summed E-state index contributed by atoms with van der Waals surface area (Å²) in [6.45, 7) is 7.54. The summed E-state index contributed by atoms with van der Waals surface area (Å²) in [5, 5.41) is 0. The Morgan fingerprint density at radius 3 is 2.35 bits per heavy atom. The van der Waals surface area contributed by atoms with Crippen LogP contribution in [-0.4, -0.2) is 45.2 Å². The zero-order chi connectivity index (χ0) is 12.9. The van der Waals surface area contributed by atoms with Crippen LogP contribution < -0.4 is 0 Å². The van der Waals surface area contributed by atoms with Crippen LogP contribution in [0.5, 0.6) is 0 Å². The molecule has 100 valence electrons. The van der Waals surface area contributed by atoms with Gasteiger partial charge in [-0.1, -0.05) is 13.3 Å². The third-order valence-corrected chi connectivity index (χ3v) is 4.18. The summed E-state index contributed by atoms with van der Waals surface area (Å²) in [7, 11) is -3.22. The second-order valence-electron chi connectivity index (χ2n) is 4.13. The molecule has 0 aliphatic carbocycles. The number of nitrogens with zero attached hydrogens (tertiary/aromatic N) is 2. The largest absolute Gasteiger partial charge is 0.410 e. The van der Waals surface area contributed by atoms with E-state index in [-0.39, 0.29) is 12.5 Å². The average Bonchev–Trinajstić information content (AvgIpc) is 2.68. The Morgan fingerprint density at radius 1 is 1.18 bits per heavy atom. The Morgan fingerprint density at radius 2 is 1.82 bits per heavy atom. The first kappa shape index (κ1) is 14.7. The van der Waals surface area contributed by atoms with Gasteiger partial charge in [-0.2, -0.15) is 9.79 Å². The summed E-state index contributed by atoms with van der Waals surface area (Å²) in [5.74, 6) is 0. The molecule has 2 N–H and O–H groups in total. The van der Waals surface area contributed by atoms with Crippen LogP contribution in [0.15, 0.2) is 12.4 Å². The highest BCUT2D eigenvalue weighted by molar-refractivity contribution is 7.59. The van der Waals surface area contributed by atoms with Crippen molar-refractivity contribution in [2.24, 2.45) is 0 Å². The highest BCUT2D eigenvalue weighted by atomic mass is 31.2. The molecule has 0 saturated heterocycles. The van der Waals surface area contributed by atoms with Gasteiger partial charge in [0.1, 0.15) is 6.16 Å². The maximum Gasteiger partial charge on any atom is 0.410 e. The molecule has 0 spiro atoms. The van der Waals surface area contributed by atoms with Gasteiger partial charge in [-0.15, -0.1) is 4.52 Å². The molecule has 0 aromatic carbocycles. The average molecular weight is 263 g/mol. The maximum absolute atomic E-state index is 9.70. The predicted octanol–water partition coefficient (Wildman–Crippen LogP) is 1.96. The van der Waals surface area contributed by atoms with Crippen LogP contribution in [0.3, 0.4) is 0 Å². The van der Waals surface area contributed by atoms with Gasteiger partial charge in [-0.3, -0.25) is 0 Å². The van der Waals surface area contributed by atoms with E-state index in [1.807, 2.05) is 29.1 Å². The van der Waals surface area contributed by atoms with Crippen LogP contribution in [-0.2, 0) is 4.52 Å². The van der Waals surface area contributed by atoms with Gasteiger partial charge >= 0.3 is 7.94 Å². The van der Waals surface area contributed by atoms with Crippen molar-refractivity contribution < 1.29 is 14.3 Å². The number of hydrogen-bond acceptors (Lipinski definition) is 5. The lowest BCUT2D eigenvalue weighted by Gasteiger charge is -2.30. The number of unbranched alkanes of at least 4 members (excludes halogenated alkanes) is 1. The van der Waals surface area contributed by atoms with Crippen molar-refractivity contribution in [1.82, 2.24) is 9.80 Å². The molecule has 0 aromatic rings. The van der Waals surface area contributed by atoms with E-state index in [4.69, 9.17) is 4.52 Å². The molecular weight excluding hydrogens is 239 g/mol. The molecule has 1 atom stereocenters. The topological polar surface area (TPSA) is 56.2 Å². The van der Waals surface area contributed by atoms with E-state index >= 15 is 0 Å². The standard InChI is InChI=1S/C11H24N2O3P/c1-4-7-8-13-10-9-12(5-2)11(13)16-17(14,15)6-3/h9-11,14-15H,4-8H2,1-3H3/q+1. The van der Waals surface area contributed by atoms with Crippen molar-refractivity contribution >= 4 is 7.94 Å². The van der Waals surface area contributed by atoms with E-state index in [9.17, 15) is 9.79 Å². The van der Waals surface area contributed by atoms with Crippen LogP contribution in [0, 0.1) is 0 Å². The summed E-state index contributed by atoms with van der Waals surface area (Å²) < 4.78 is 5.47. The zero-order valence-electron chi connectivity index (χ0n) is 10.9. The fourth-order valence-corrected chi connectivity index (χ4v) is 2.34. The summed E-state index contributed by atoms with van der Waals surface area (Å²) in [6.07, 6.45) is 5.96. The Labute approximate surface area is 104 Å². The molecule has 17 heavy (non-hydrogen) atoms. The molecule has 0 bridgehead atoms. The van der Waals surface area contributed by atoms with Crippen LogP contribution >= 0.6 is 7.94 Å². The minimum Gasteiger partial charge on any atom is -0.331 e. The number of rotatable bonds is 7. The lowest BCUT2D eigenvalue weighted by Crippen LogP contribution is -2.41. The third kappa shape index (κ3) is 4.11. The first-order chi connectivity index (χ1) is 8.04.